The first-order valence-corrected chi connectivity index (χ1v) is 8.14. The summed E-state index contributed by atoms with van der Waals surface area (Å²) < 4.78 is 32.3. The molecule has 0 bridgehead atoms. The molecule has 0 unspecified atom stereocenters. The van der Waals surface area contributed by atoms with Crippen LogP contribution in [0, 0.1) is 0 Å². The van der Waals surface area contributed by atoms with Gasteiger partial charge in [0, 0.05) is 18.1 Å². The topological polar surface area (TPSA) is 75.7 Å². The Labute approximate surface area is 127 Å². The summed E-state index contributed by atoms with van der Waals surface area (Å²) in [4.78, 5) is 11.3. The van der Waals surface area contributed by atoms with Crippen molar-refractivity contribution in [1.29, 1.82) is 0 Å². The van der Waals surface area contributed by atoms with Gasteiger partial charge in [-0.1, -0.05) is 34.1 Å². The number of nitrogens with one attached hydrogen (secondary N) is 1. The second-order valence-electron chi connectivity index (χ2n) is 4.41. The first-order valence-electron chi connectivity index (χ1n) is 5.90. The number of benzene rings is 1. The minimum atomic E-state index is -3.93. The smallest absolute Gasteiger partial charge is 0.422 e. The molecule has 1 rings (SSSR count). The average Bonchev–Trinajstić information content (AvgIpc) is 2.30. The van der Waals surface area contributed by atoms with Crippen LogP contribution in [0.25, 0.3) is 0 Å². The summed E-state index contributed by atoms with van der Waals surface area (Å²) in [6, 6.07) is 7.25. The Morgan fingerprint density at radius 2 is 2.00 bits per heavy atom. The van der Waals surface area contributed by atoms with E-state index in [4.69, 9.17) is 4.74 Å². The van der Waals surface area contributed by atoms with E-state index in [-0.39, 0.29) is 6.54 Å². The fraction of sp³-hybridized carbons (Fsp3) is 0.417. The molecule has 0 atom stereocenters. The number of ether oxygens (including phenoxy) is 1. The molecule has 0 saturated heterocycles. The zero-order valence-electron chi connectivity index (χ0n) is 11.5. The molecule has 1 N–H and O–H groups in total. The molecule has 0 spiro atoms. The van der Waals surface area contributed by atoms with E-state index in [0.717, 1.165) is 14.3 Å². The quantitative estimate of drug-likeness (QED) is 0.869. The number of hydrogen-bond donors (Lipinski definition) is 1. The van der Waals surface area contributed by atoms with Crippen molar-refractivity contribution in [2.45, 2.75) is 26.5 Å². The Morgan fingerprint density at radius 3 is 2.55 bits per heavy atom. The van der Waals surface area contributed by atoms with Gasteiger partial charge in [0.2, 0.25) is 0 Å². The van der Waals surface area contributed by atoms with Gasteiger partial charge >= 0.3 is 16.3 Å². The van der Waals surface area contributed by atoms with E-state index in [9.17, 15) is 13.2 Å². The molecule has 0 aliphatic heterocycles. The lowest BCUT2D eigenvalue weighted by molar-refractivity contribution is 0.121. The molecule has 0 heterocycles. The van der Waals surface area contributed by atoms with Crippen molar-refractivity contribution >= 4 is 32.2 Å². The van der Waals surface area contributed by atoms with Gasteiger partial charge in [0.15, 0.2) is 0 Å². The molecule has 20 heavy (non-hydrogen) atoms. The van der Waals surface area contributed by atoms with Crippen LogP contribution in [0.1, 0.15) is 19.4 Å². The van der Waals surface area contributed by atoms with E-state index < -0.39 is 22.4 Å². The van der Waals surface area contributed by atoms with Crippen molar-refractivity contribution in [3.8, 4) is 0 Å². The summed E-state index contributed by atoms with van der Waals surface area (Å²) in [7, 11) is -2.55. The Hall–Kier alpha value is -1.12. The molecule has 1 aromatic carbocycles. The standard InChI is InChI=1S/C12H17BrN2O4S/c1-9(2)19-12(16)14-20(17,18)15(3)8-10-6-4-5-7-11(10)13/h4-7,9H,8H2,1-3H3,(H,14,16). The zero-order valence-corrected chi connectivity index (χ0v) is 13.9. The van der Waals surface area contributed by atoms with Gasteiger partial charge in [-0.2, -0.15) is 12.7 Å². The van der Waals surface area contributed by atoms with Gasteiger partial charge in [0.05, 0.1) is 6.10 Å². The molecular weight excluding hydrogens is 348 g/mol. The zero-order chi connectivity index (χ0) is 15.3. The SMILES string of the molecule is CC(C)OC(=O)NS(=O)(=O)N(C)Cc1ccccc1Br. The van der Waals surface area contributed by atoms with Crippen molar-refractivity contribution < 1.29 is 17.9 Å². The van der Waals surface area contributed by atoms with Crippen LogP contribution in [0.5, 0.6) is 0 Å². The third kappa shape index (κ3) is 5.10. The van der Waals surface area contributed by atoms with E-state index in [1.807, 2.05) is 16.9 Å². The van der Waals surface area contributed by atoms with Crippen molar-refractivity contribution in [3.05, 3.63) is 34.3 Å². The van der Waals surface area contributed by atoms with E-state index in [1.54, 1.807) is 26.0 Å². The highest BCUT2D eigenvalue weighted by atomic mass is 79.9. The number of carbonyl (C=O) groups is 1. The summed E-state index contributed by atoms with van der Waals surface area (Å²) in [5, 5.41) is 0. The molecule has 1 amide bonds. The molecule has 0 aromatic heterocycles. The molecule has 0 fully saturated rings. The average molecular weight is 365 g/mol. The summed E-state index contributed by atoms with van der Waals surface area (Å²) in [6.45, 7) is 3.40. The van der Waals surface area contributed by atoms with Crippen LogP contribution < -0.4 is 4.72 Å². The van der Waals surface area contributed by atoms with Gasteiger partial charge < -0.3 is 4.74 Å². The number of hydrogen-bond acceptors (Lipinski definition) is 4. The van der Waals surface area contributed by atoms with Gasteiger partial charge in [-0.15, -0.1) is 0 Å². The summed E-state index contributed by atoms with van der Waals surface area (Å²) in [5.41, 5.74) is 0.789. The van der Waals surface area contributed by atoms with Crippen LogP contribution in [-0.4, -0.2) is 32.0 Å². The van der Waals surface area contributed by atoms with Gasteiger partial charge in [0.25, 0.3) is 0 Å². The van der Waals surface area contributed by atoms with Gasteiger partial charge in [-0.05, 0) is 25.5 Å². The maximum Gasteiger partial charge on any atom is 0.422 e. The fourth-order valence-corrected chi connectivity index (χ4v) is 2.51. The normalized spacial score (nSPS) is 11.7. The van der Waals surface area contributed by atoms with Crippen LogP contribution in [0.4, 0.5) is 4.79 Å². The summed E-state index contributed by atoms with van der Waals surface area (Å²) >= 11 is 3.34. The van der Waals surface area contributed by atoms with Gasteiger partial charge in [0.1, 0.15) is 0 Å². The predicted octanol–water partition coefficient (Wildman–Crippen LogP) is 2.26. The highest BCUT2D eigenvalue weighted by Gasteiger charge is 2.22. The number of nitrogens with zero attached hydrogens (tertiary/aromatic N) is 1. The Bertz CT molecular complexity index is 575. The van der Waals surface area contributed by atoms with Crippen LogP contribution in [0.3, 0.4) is 0 Å². The predicted molar refractivity (Wildman–Crippen MR) is 79.3 cm³/mol. The van der Waals surface area contributed by atoms with Crippen molar-refractivity contribution in [2.24, 2.45) is 0 Å². The molecule has 1 aromatic rings. The van der Waals surface area contributed by atoms with E-state index >= 15 is 0 Å². The van der Waals surface area contributed by atoms with Crippen molar-refractivity contribution in [3.63, 3.8) is 0 Å². The third-order valence-electron chi connectivity index (χ3n) is 2.32. The third-order valence-corrected chi connectivity index (χ3v) is 4.46. The first-order chi connectivity index (χ1) is 9.22. The second-order valence-corrected chi connectivity index (χ2v) is 7.04. The summed E-state index contributed by atoms with van der Waals surface area (Å²) in [6.07, 6.45) is -1.38. The monoisotopic (exact) mass is 364 g/mol. The molecule has 0 aliphatic carbocycles. The van der Waals surface area contributed by atoms with E-state index in [0.29, 0.717) is 0 Å². The maximum atomic E-state index is 11.9. The Morgan fingerprint density at radius 1 is 1.40 bits per heavy atom. The minimum Gasteiger partial charge on any atom is -0.446 e. The largest absolute Gasteiger partial charge is 0.446 e. The molecule has 6 nitrogen and oxygen atoms in total. The van der Waals surface area contributed by atoms with Crippen LogP contribution in [0.2, 0.25) is 0 Å². The highest BCUT2D eigenvalue weighted by Crippen LogP contribution is 2.18. The molecular formula is C12H17BrN2O4S. The van der Waals surface area contributed by atoms with Crippen molar-refractivity contribution in [2.75, 3.05) is 7.05 Å². The Balaban J connectivity index is 2.73. The minimum absolute atomic E-state index is 0.131. The number of amides is 1. The van der Waals surface area contributed by atoms with Crippen LogP contribution >= 0.6 is 15.9 Å². The van der Waals surface area contributed by atoms with Gasteiger partial charge in [-0.3, -0.25) is 0 Å². The molecule has 0 radical (unpaired) electrons. The lowest BCUT2D eigenvalue weighted by Crippen LogP contribution is -2.42. The lowest BCUT2D eigenvalue weighted by Gasteiger charge is -2.18. The second kappa shape index (κ2) is 7.05. The maximum absolute atomic E-state index is 11.9. The Kier molecular flexibility index (Phi) is 5.97. The van der Waals surface area contributed by atoms with Crippen LogP contribution in [0.15, 0.2) is 28.7 Å². The summed E-state index contributed by atoms with van der Waals surface area (Å²) in [5.74, 6) is 0. The van der Waals surface area contributed by atoms with Crippen molar-refractivity contribution in [1.82, 2.24) is 9.03 Å². The van der Waals surface area contributed by atoms with Crippen LogP contribution in [-0.2, 0) is 21.5 Å². The molecule has 0 aliphatic rings. The molecule has 8 heteroatoms. The number of carbonyl (C=O) groups excluding carboxylic acids is 1. The van der Waals surface area contributed by atoms with E-state index in [2.05, 4.69) is 15.9 Å². The number of rotatable bonds is 5. The lowest BCUT2D eigenvalue weighted by atomic mass is 10.2. The van der Waals surface area contributed by atoms with Gasteiger partial charge in [-0.25, -0.2) is 9.52 Å². The molecule has 112 valence electrons. The first kappa shape index (κ1) is 16.9. The molecule has 0 saturated carbocycles. The highest BCUT2D eigenvalue weighted by molar-refractivity contribution is 9.10. The van der Waals surface area contributed by atoms with E-state index in [1.165, 1.54) is 7.05 Å². The fourth-order valence-electron chi connectivity index (χ4n) is 1.37. The number of halogens is 1.